The van der Waals surface area contributed by atoms with Crippen LogP contribution < -0.4 is 9.47 Å². The van der Waals surface area contributed by atoms with Crippen molar-refractivity contribution in [1.29, 1.82) is 0 Å². The number of ether oxygens (including phenoxy) is 2. The molecule has 0 spiro atoms. The molecule has 4 rings (SSSR count). The Labute approximate surface area is 162 Å². The zero-order valence-corrected chi connectivity index (χ0v) is 16.1. The Morgan fingerprint density at radius 2 is 2.15 bits per heavy atom. The molecule has 1 atom stereocenters. The van der Waals surface area contributed by atoms with Gasteiger partial charge in [-0.2, -0.15) is 0 Å². The van der Waals surface area contributed by atoms with Gasteiger partial charge in [-0.1, -0.05) is 6.07 Å². The van der Waals surface area contributed by atoms with E-state index in [0.29, 0.717) is 23.2 Å². The van der Waals surface area contributed by atoms with Crippen molar-refractivity contribution in [2.24, 2.45) is 0 Å². The summed E-state index contributed by atoms with van der Waals surface area (Å²) in [7, 11) is 3.33. The Bertz CT molecular complexity index is 964. The molecule has 0 bridgehead atoms. The molecule has 0 aliphatic carbocycles. The molecule has 1 aromatic carbocycles. The molecule has 1 fully saturated rings. The van der Waals surface area contributed by atoms with Crippen LogP contribution in [0.2, 0.25) is 0 Å². The highest BCUT2D eigenvalue weighted by Gasteiger charge is 2.29. The van der Waals surface area contributed by atoms with Gasteiger partial charge in [-0.05, 0) is 43.3 Å². The van der Waals surface area contributed by atoms with Crippen LogP contribution in [0.25, 0.3) is 11.7 Å². The fraction of sp³-hybridized carbons (Fsp3) is 0.368. The molecule has 0 saturated carbocycles. The van der Waals surface area contributed by atoms with Gasteiger partial charge in [-0.3, -0.25) is 4.90 Å². The van der Waals surface area contributed by atoms with Crippen molar-refractivity contribution >= 4 is 12.2 Å². The number of rotatable bonds is 6. The first-order valence-corrected chi connectivity index (χ1v) is 9.18. The summed E-state index contributed by atoms with van der Waals surface area (Å²) in [6, 6.07) is 9.76. The molecule has 1 saturated heterocycles. The summed E-state index contributed by atoms with van der Waals surface area (Å²) in [4.78, 5) is 2.66. The van der Waals surface area contributed by atoms with Gasteiger partial charge in [0.15, 0.2) is 5.76 Å². The number of nitrogens with zero attached hydrogens (tertiary/aromatic N) is 3. The van der Waals surface area contributed by atoms with Gasteiger partial charge in [0.05, 0.1) is 27.2 Å². The standard InChI is InChI=1S/C19H21N3O4S/c1-23-13-7-8-14(17(11-13)24-2)15-5-3-9-21(15)12-22-19(27)26-18(20-22)16-6-4-10-25-16/h4,6-8,10-11,15H,3,5,9,12H2,1-2H3/t15-/m0/s1. The molecule has 27 heavy (non-hydrogen) atoms. The van der Waals surface area contributed by atoms with Crippen molar-refractivity contribution in [3.8, 4) is 23.1 Å². The Balaban J connectivity index is 1.59. The van der Waals surface area contributed by atoms with Gasteiger partial charge in [0.1, 0.15) is 11.5 Å². The van der Waals surface area contributed by atoms with Gasteiger partial charge in [-0.25, -0.2) is 4.68 Å². The molecule has 0 radical (unpaired) electrons. The van der Waals surface area contributed by atoms with E-state index < -0.39 is 0 Å². The minimum Gasteiger partial charge on any atom is -0.497 e. The highest BCUT2D eigenvalue weighted by Crippen LogP contribution is 2.39. The van der Waals surface area contributed by atoms with Gasteiger partial charge >= 0.3 is 0 Å². The number of furan rings is 1. The van der Waals surface area contributed by atoms with E-state index in [1.807, 2.05) is 12.1 Å². The van der Waals surface area contributed by atoms with Gasteiger partial charge in [-0.15, -0.1) is 5.10 Å². The summed E-state index contributed by atoms with van der Waals surface area (Å²) in [5.74, 6) is 2.56. The zero-order valence-electron chi connectivity index (χ0n) is 15.3. The first kappa shape index (κ1) is 17.8. The van der Waals surface area contributed by atoms with E-state index >= 15 is 0 Å². The van der Waals surface area contributed by atoms with Crippen molar-refractivity contribution in [2.45, 2.75) is 25.6 Å². The van der Waals surface area contributed by atoms with E-state index in [2.05, 4.69) is 16.1 Å². The fourth-order valence-electron chi connectivity index (χ4n) is 3.51. The van der Waals surface area contributed by atoms with E-state index in [1.165, 1.54) is 0 Å². The molecule has 3 aromatic rings. The molecule has 8 heteroatoms. The van der Waals surface area contributed by atoms with Crippen LogP contribution in [-0.4, -0.2) is 35.4 Å². The highest BCUT2D eigenvalue weighted by molar-refractivity contribution is 7.71. The van der Waals surface area contributed by atoms with Crippen LogP contribution >= 0.6 is 12.2 Å². The maximum absolute atomic E-state index is 5.59. The van der Waals surface area contributed by atoms with E-state index in [9.17, 15) is 0 Å². The molecule has 0 unspecified atom stereocenters. The van der Waals surface area contributed by atoms with Crippen LogP contribution in [0.4, 0.5) is 0 Å². The second-order valence-corrected chi connectivity index (χ2v) is 6.72. The van der Waals surface area contributed by atoms with Crippen molar-refractivity contribution in [3.05, 3.63) is 47.0 Å². The van der Waals surface area contributed by atoms with Crippen LogP contribution in [0.5, 0.6) is 11.5 Å². The predicted octanol–water partition coefficient (Wildman–Crippen LogP) is 4.28. The lowest BCUT2D eigenvalue weighted by Gasteiger charge is -2.25. The fourth-order valence-corrected chi connectivity index (χ4v) is 3.69. The summed E-state index contributed by atoms with van der Waals surface area (Å²) in [6.45, 7) is 1.49. The van der Waals surface area contributed by atoms with Gasteiger partial charge < -0.3 is 18.3 Å². The lowest BCUT2D eigenvalue weighted by atomic mass is 10.0. The zero-order chi connectivity index (χ0) is 18.8. The minimum atomic E-state index is 0.219. The molecule has 7 nitrogen and oxygen atoms in total. The molecule has 1 aliphatic rings. The highest BCUT2D eigenvalue weighted by atomic mass is 32.1. The van der Waals surface area contributed by atoms with E-state index in [4.69, 9.17) is 30.5 Å². The monoisotopic (exact) mass is 387 g/mol. The first-order chi connectivity index (χ1) is 13.2. The summed E-state index contributed by atoms with van der Waals surface area (Å²) in [5, 5.41) is 4.47. The lowest BCUT2D eigenvalue weighted by Crippen LogP contribution is -2.27. The number of aromatic nitrogens is 2. The third-order valence-electron chi connectivity index (χ3n) is 4.82. The van der Waals surface area contributed by atoms with Crippen molar-refractivity contribution < 1.29 is 18.3 Å². The Morgan fingerprint density at radius 3 is 2.89 bits per heavy atom. The molecule has 3 heterocycles. The minimum absolute atomic E-state index is 0.219. The molecule has 142 valence electrons. The van der Waals surface area contributed by atoms with E-state index in [-0.39, 0.29) is 6.04 Å². The summed E-state index contributed by atoms with van der Waals surface area (Å²) < 4.78 is 23.5. The smallest absolute Gasteiger partial charge is 0.288 e. The van der Waals surface area contributed by atoms with Crippen molar-refractivity contribution in [1.82, 2.24) is 14.7 Å². The molecule has 0 amide bonds. The predicted molar refractivity (Wildman–Crippen MR) is 101 cm³/mol. The summed E-state index contributed by atoms with van der Waals surface area (Å²) >= 11 is 5.34. The number of hydrogen-bond donors (Lipinski definition) is 0. The first-order valence-electron chi connectivity index (χ1n) is 8.77. The average Bonchev–Trinajstić information content (AvgIpc) is 3.43. The van der Waals surface area contributed by atoms with Crippen molar-refractivity contribution in [3.63, 3.8) is 0 Å². The summed E-state index contributed by atoms with van der Waals surface area (Å²) in [6.07, 6.45) is 3.72. The van der Waals surface area contributed by atoms with Crippen LogP contribution in [0.3, 0.4) is 0 Å². The molecular weight excluding hydrogens is 366 g/mol. The van der Waals surface area contributed by atoms with Gasteiger partial charge in [0.2, 0.25) is 0 Å². The normalized spacial score (nSPS) is 17.3. The maximum atomic E-state index is 5.59. The SMILES string of the molecule is COc1ccc([C@@H]2CCCN2Cn2nc(-c3ccco3)oc2=S)c(OC)c1. The maximum Gasteiger partial charge on any atom is 0.288 e. The molecular formula is C19H21N3O4S. The molecule has 0 N–H and O–H groups in total. The number of methoxy groups -OCH3 is 2. The Morgan fingerprint density at radius 1 is 1.26 bits per heavy atom. The second-order valence-electron chi connectivity index (χ2n) is 6.37. The quantitative estimate of drug-likeness (QED) is 0.585. The Hall–Kier alpha value is -2.58. The third-order valence-corrected chi connectivity index (χ3v) is 5.11. The van der Waals surface area contributed by atoms with E-state index in [1.54, 1.807) is 37.3 Å². The van der Waals surface area contributed by atoms with Crippen LogP contribution in [0.1, 0.15) is 24.4 Å². The van der Waals surface area contributed by atoms with Crippen LogP contribution in [-0.2, 0) is 6.67 Å². The number of hydrogen-bond acceptors (Lipinski definition) is 7. The van der Waals surface area contributed by atoms with E-state index in [0.717, 1.165) is 36.4 Å². The number of benzene rings is 1. The third kappa shape index (κ3) is 3.50. The topological polar surface area (TPSA) is 65.8 Å². The number of likely N-dealkylation sites (tertiary alicyclic amines) is 1. The van der Waals surface area contributed by atoms with Crippen LogP contribution in [0, 0.1) is 4.84 Å². The average molecular weight is 387 g/mol. The van der Waals surface area contributed by atoms with Crippen LogP contribution in [0.15, 0.2) is 45.4 Å². The largest absolute Gasteiger partial charge is 0.497 e. The van der Waals surface area contributed by atoms with Crippen molar-refractivity contribution in [2.75, 3.05) is 20.8 Å². The Kier molecular flexibility index (Phi) is 5.00. The molecule has 1 aliphatic heterocycles. The molecule has 2 aromatic heterocycles. The van der Waals surface area contributed by atoms with Gasteiger partial charge in [0, 0.05) is 24.2 Å². The van der Waals surface area contributed by atoms with Gasteiger partial charge in [0.25, 0.3) is 10.7 Å². The summed E-state index contributed by atoms with van der Waals surface area (Å²) in [5.41, 5.74) is 1.14. The second kappa shape index (κ2) is 7.58. The lowest BCUT2D eigenvalue weighted by molar-refractivity contribution is 0.185.